The lowest BCUT2D eigenvalue weighted by molar-refractivity contribution is 0.589. The first kappa shape index (κ1) is 5.46. The van der Waals surface area contributed by atoms with Gasteiger partial charge in [0.2, 0.25) is 0 Å². The van der Waals surface area contributed by atoms with Gasteiger partial charge in [0.15, 0.2) is 0 Å². The van der Waals surface area contributed by atoms with Gasteiger partial charge in [-0.15, -0.1) is 12.4 Å². The van der Waals surface area contributed by atoms with E-state index in [1.165, 1.54) is 18.2 Å². The summed E-state index contributed by atoms with van der Waals surface area (Å²) in [5, 5.41) is 1.57. The lowest BCUT2D eigenvalue weighted by atomic mass is 10.2. The highest BCUT2D eigenvalue weighted by atomic mass is 35.5. The minimum absolute atomic E-state index is 0. The molecule has 1 aliphatic rings. The summed E-state index contributed by atoms with van der Waals surface area (Å²) in [7, 11) is 0. The van der Waals surface area contributed by atoms with Gasteiger partial charge in [-0.05, 0) is 12.1 Å². The maximum Gasteiger partial charge on any atom is 0.0825 e. The van der Waals surface area contributed by atoms with Crippen LogP contribution < -0.4 is 10.2 Å². The van der Waals surface area contributed by atoms with Crippen molar-refractivity contribution in [3.63, 3.8) is 0 Å². The van der Waals surface area contributed by atoms with Gasteiger partial charge in [-0.25, -0.2) is 0 Å². The summed E-state index contributed by atoms with van der Waals surface area (Å²) in [5.41, 5.74) is -0.238. The monoisotopic (exact) mass is 274 g/mol. The van der Waals surface area contributed by atoms with Crippen LogP contribution in [-0.2, 0) is 0 Å². The summed E-state index contributed by atoms with van der Waals surface area (Å²) in [4.78, 5) is 0.352. The number of piperazine rings is 1. The first-order chi connectivity index (χ1) is 9.76. The summed E-state index contributed by atoms with van der Waals surface area (Å²) in [5.74, 6) is 0. The fraction of sp³-hybridized carbons (Fsp3) is 0.400. The highest BCUT2D eigenvalue weighted by Crippen LogP contribution is 2.32. The molecule has 15 heavy (non-hydrogen) atoms. The molecule has 1 aliphatic heterocycles. The number of hydrogen-bond donors (Lipinski definition) is 1. The number of benzene rings is 1. The van der Waals surface area contributed by atoms with E-state index in [1.807, 2.05) is 0 Å². The third kappa shape index (κ3) is 2.91. The van der Waals surface area contributed by atoms with E-state index in [-0.39, 0.29) is 28.1 Å². The average molecular weight is 276 g/mol. The predicted octanol–water partition coefficient (Wildman–Crippen LogP) is 2.82. The molecule has 2 nitrogen and oxygen atoms in total. The highest BCUT2D eigenvalue weighted by Gasteiger charge is 2.14. The van der Waals surface area contributed by atoms with Crippen molar-refractivity contribution in [3.05, 3.63) is 28.2 Å². The van der Waals surface area contributed by atoms with Crippen LogP contribution in [0.25, 0.3) is 0 Å². The molecule has 1 saturated heterocycles. The van der Waals surface area contributed by atoms with E-state index in [1.54, 1.807) is 5.32 Å². The van der Waals surface area contributed by atoms with Crippen LogP contribution in [0.1, 0.15) is 11.0 Å². The number of anilines is 1. The first-order valence-corrected chi connectivity index (χ1v) is 4.55. The van der Waals surface area contributed by atoms with E-state index >= 15 is 0 Å². The quantitative estimate of drug-likeness (QED) is 0.848. The van der Waals surface area contributed by atoms with Crippen molar-refractivity contribution in [2.24, 2.45) is 0 Å². The minimum atomic E-state index is -2.93. The summed E-state index contributed by atoms with van der Waals surface area (Å²) in [6.45, 7) is -11.6. The number of hydrogen-bond acceptors (Lipinski definition) is 2. The molecule has 1 heterocycles. The molecule has 0 atom stereocenters. The third-order valence-corrected chi connectivity index (χ3v) is 2.44. The summed E-state index contributed by atoms with van der Waals surface area (Å²) in [6.07, 6.45) is 0. The molecule has 1 aromatic rings. The highest BCUT2D eigenvalue weighted by molar-refractivity contribution is 6.43. The van der Waals surface area contributed by atoms with Crippen molar-refractivity contribution in [1.82, 2.24) is 5.32 Å². The van der Waals surface area contributed by atoms with Gasteiger partial charge in [-0.1, -0.05) is 29.3 Å². The number of rotatable bonds is 1. The van der Waals surface area contributed by atoms with Gasteiger partial charge < -0.3 is 10.2 Å². The number of nitrogens with one attached hydrogen (secondary N) is 1. The minimum Gasteiger partial charge on any atom is -0.368 e. The molecule has 1 aromatic carbocycles. The molecule has 5 heteroatoms. The van der Waals surface area contributed by atoms with Gasteiger partial charge in [0.05, 0.1) is 21.2 Å². The normalized spacial score (nSPS) is 37.3. The smallest absolute Gasteiger partial charge is 0.0825 e. The molecule has 0 amide bonds. The van der Waals surface area contributed by atoms with Gasteiger partial charge in [0.1, 0.15) is 0 Å². The van der Waals surface area contributed by atoms with E-state index < -0.39 is 26.0 Å². The summed E-state index contributed by atoms with van der Waals surface area (Å²) < 4.78 is 62.8. The number of halogens is 3. The van der Waals surface area contributed by atoms with Crippen LogP contribution in [0.15, 0.2) is 18.2 Å². The molecule has 2 rings (SSSR count). The molecule has 0 bridgehead atoms. The summed E-state index contributed by atoms with van der Waals surface area (Å²) >= 11 is 11.8. The van der Waals surface area contributed by atoms with Gasteiger partial charge in [-0.2, -0.15) is 0 Å². The van der Waals surface area contributed by atoms with E-state index in [9.17, 15) is 0 Å². The molecule has 1 fully saturated rings. The van der Waals surface area contributed by atoms with E-state index in [2.05, 4.69) is 0 Å². The third-order valence-electron chi connectivity index (χ3n) is 1.63. The zero-order valence-electron chi connectivity index (χ0n) is 15.3. The second-order valence-electron chi connectivity index (χ2n) is 2.51. The molecule has 84 valence electrons. The molecule has 1 N–H and O–H groups in total. The molecule has 0 unspecified atom stereocenters. The standard InChI is InChI=1S/C10H12Cl2N2.ClH/c11-8-2-1-3-9(10(8)12)14-6-4-13-5-7-14;/h1-3,13H,4-7H2;1H/i4D2,5D2,6D2,7D2;. The second-order valence-corrected chi connectivity index (χ2v) is 3.29. The molecule has 0 aliphatic carbocycles. The van der Waals surface area contributed by atoms with Crippen molar-refractivity contribution >= 4 is 41.3 Å². The molecule has 0 aromatic heterocycles. The van der Waals surface area contributed by atoms with Crippen molar-refractivity contribution in [3.8, 4) is 0 Å². The average Bonchev–Trinajstić information content (AvgIpc) is 2.31. The van der Waals surface area contributed by atoms with Gasteiger partial charge in [-0.3, -0.25) is 0 Å². The van der Waals surface area contributed by atoms with Crippen LogP contribution in [0.4, 0.5) is 5.69 Å². The van der Waals surface area contributed by atoms with Crippen LogP contribution in [-0.4, -0.2) is 26.0 Å². The van der Waals surface area contributed by atoms with Crippen LogP contribution in [0.3, 0.4) is 0 Å². The van der Waals surface area contributed by atoms with E-state index in [4.69, 9.17) is 34.2 Å². The van der Waals surface area contributed by atoms with Crippen LogP contribution in [0, 0.1) is 0 Å². The summed E-state index contributed by atoms with van der Waals surface area (Å²) in [6, 6.07) is 4.05. The fourth-order valence-corrected chi connectivity index (χ4v) is 1.39. The SMILES string of the molecule is Cl.[2H]C1([2H])NC([2H])([2H])C([2H])([2H])N(c2cccc(Cl)c2Cl)C1([2H])[2H]. The Morgan fingerprint density at radius 2 is 1.93 bits per heavy atom. The Kier molecular flexibility index (Phi) is 2.11. The largest absolute Gasteiger partial charge is 0.368 e. The van der Waals surface area contributed by atoms with Crippen LogP contribution in [0.5, 0.6) is 0 Å². The topological polar surface area (TPSA) is 15.3 Å². The molecule has 0 saturated carbocycles. The van der Waals surface area contributed by atoms with Crippen LogP contribution >= 0.6 is 35.6 Å². The molecule has 0 radical (unpaired) electrons. The zero-order chi connectivity index (χ0) is 17.1. The maximum absolute atomic E-state index is 7.97. The van der Waals surface area contributed by atoms with Crippen LogP contribution in [0.2, 0.25) is 10.0 Å². The Labute approximate surface area is 117 Å². The van der Waals surface area contributed by atoms with Gasteiger partial charge in [0, 0.05) is 31.5 Å². The molecular formula is C10H13Cl3N2. The van der Waals surface area contributed by atoms with Crippen molar-refractivity contribution in [2.75, 3.05) is 30.9 Å². The predicted molar refractivity (Wildman–Crippen MR) is 68.8 cm³/mol. The Morgan fingerprint density at radius 3 is 2.60 bits per heavy atom. The second kappa shape index (κ2) is 5.80. The van der Waals surface area contributed by atoms with E-state index in [0.29, 0.717) is 4.90 Å². The first-order valence-electron chi connectivity index (χ1n) is 7.79. The lowest BCUT2D eigenvalue weighted by Crippen LogP contribution is -2.43. The lowest BCUT2D eigenvalue weighted by Gasteiger charge is -2.30. The Hall–Kier alpha value is -0.150. The van der Waals surface area contributed by atoms with Gasteiger partial charge >= 0.3 is 0 Å². The molecular weight excluding hydrogens is 254 g/mol. The number of nitrogens with zero attached hydrogens (tertiary/aromatic N) is 1. The fourth-order valence-electron chi connectivity index (χ4n) is 1.01. The van der Waals surface area contributed by atoms with Gasteiger partial charge in [0.25, 0.3) is 0 Å². The molecule has 0 spiro atoms. The van der Waals surface area contributed by atoms with E-state index in [0.717, 1.165) is 0 Å². The Morgan fingerprint density at radius 1 is 1.27 bits per heavy atom. The van der Waals surface area contributed by atoms with Crippen molar-refractivity contribution < 1.29 is 11.0 Å². The zero-order valence-corrected chi connectivity index (χ0v) is 9.67. The van der Waals surface area contributed by atoms with Crippen molar-refractivity contribution in [2.45, 2.75) is 0 Å². The Bertz CT molecular complexity index is 584. The maximum atomic E-state index is 7.97. The Balaban J connectivity index is 0.00000264. The van der Waals surface area contributed by atoms with Crippen molar-refractivity contribution in [1.29, 1.82) is 0 Å².